The summed E-state index contributed by atoms with van der Waals surface area (Å²) in [6.07, 6.45) is 2.49. The lowest BCUT2D eigenvalue weighted by atomic mass is 10.0. The number of carbonyl (C=O) groups excluding carboxylic acids is 1. The van der Waals surface area contributed by atoms with Crippen molar-refractivity contribution in [1.82, 2.24) is 10.0 Å². The average Bonchev–Trinajstić information content (AvgIpc) is 3.49. The summed E-state index contributed by atoms with van der Waals surface area (Å²) in [4.78, 5) is 12.7. The van der Waals surface area contributed by atoms with Gasteiger partial charge < -0.3 is 10.1 Å². The summed E-state index contributed by atoms with van der Waals surface area (Å²) in [5.74, 6) is 0.522. The minimum Gasteiger partial charge on any atom is -0.497 e. The topological polar surface area (TPSA) is 84.5 Å². The number of nitrogens with one attached hydrogen (secondary N) is 2. The Bertz CT molecular complexity index is 889. The highest BCUT2D eigenvalue weighted by molar-refractivity contribution is 7.89. The molecule has 6 nitrogen and oxygen atoms in total. The molecule has 0 bridgehead atoms. The fourth-order valence-electron chi connectivity index (χ4n) is 2.77. The zero-order chi connectivity index (χ0) is 19.4. The van der Waals surface area contributed by atoms with Crippen molar-refractivity contribution in [3.63, 3.8) is 0 Å². The normalized spacial score (nSPS) is 15.2. The molecule has 27 heavy (non-hydrogen) atoms. The van der Waals surface area contributed by atoms with Crippen molar-refractivity contribution in [3.05, 3.63) is 59.7 Å². The second kappa shape index (κ2) is 8.10. The first-order valence-electron chi connectivity index (χ1n) is 9.00. The Hall–Kier alpha value is -2.38. The minimum atomic E-state index is -3.51. The van der Waals surface area contributed by atoms with Gasteiger partial charge in [-0.2, -0.15) is 0 Å². The van der Waals surface area contributed by atoms with Crippen LogP contribution in [0.2, 0.25) is 0 Å². The maximum Gasteiger partial charge on any atom is 0.251 e. The van der Waals surface area contributed by atoms with Gasteiger partial charge in [-0.15, -0.1) is 0 Å². The first-order valence-corrected chi connectivity index (χ1v) is 10.5. The Kier molecular flexibility index (Phi) is 5.82. The van der Waals surface area contributed by atoms with E-state index in [0.29, 0.717) is 5.56 Å². The van der Waals surface area contributed by atoms with E-state index in [9.17, 15) is 13.2 Å². The van der Waals surface area contributed by atoms with E-state index in [2.05, 4.69) is 10.0 Å². The Balaban J connectivity index is 1.68. The lowest BCUT2D eigenvalue weighted by Gasteiger charge is -2.18. The van der Waals surface area contributed by atoms with Gasteiger partial charge in [0.1, 0.15) is 5.75 Å². The maximum absolute atomic E-state index is 12.6. The molecule has 0 heterocycles. The van der Waals surface area contributed by atoms with Gasteiger partial charge in [0.15, 0.2) is 0 Å². The summed E-state index contributed by atoms with van der Waals surface area (Å²) in [7, 11) is -1.90. The molecule has 2 N–H and O–H groups in total. The number of amides is 1. The number of methoxy groups -OCH3 is 1. The molecule has 1 atom stereocenters. The molecule has 2 aromatic carbocycles. The van der Waals surface area contributed by atoms with Crippen molar-refractivity contribution in [3.8, 4) is 5.75 Å². The molecule has 1 aliphatic carbocycles. The van der Waals surface area contributed by atoms with E-state index < -0.39 is 10.0 Å². The van der Waals surface area contributed by atoms with Crippen LogP contribution in [0, 0.1) is 0 Å². The third kappa shape index (κ3) is 4.87. The number of hydrogen-bond donors (Lipinski definition) is 2. The van der Waals surface area contributed by atoms with Crippen LogP contribution >= 0.6 is 0 Å². The van der Waals surface area contributed by atoms with E-state index in [1.807, 2.05) is 31.2 Å². The first-order chi connectivity index (χ1) is 12.9. The molecule has 144 valence electrons. The molecular weight excluding hydrogens is 364 g/mol. The molecule has 0 spiro atoms. The minimum absolute atomic E-state index is 0.0489. The summed E-state index contributed by atoms with van der Waals surface area (Å²) in [5, 5.41) is 2.99. The van der Waals surface area contributed by atoms with Crippen LogP contribution in [0.15, 0.2) is 53.4 Å². The fraction of sp³-hybridized carbons (Fsp3) is 0.350. The van der Waals surface area contributed by atoms with Crippen molar-refractivity contribution in [2.75, 3.05) is 7.11 Å². The van der Waals surface area contributed by atoms with Crippen LogP contribution in [0.25, 0.3) is 0 Å². The van der Waals surface area contributed by atoms with Crippen molar-refractivity contribution in [2.24, 2.45) is 0 Å². The summed E-state index contributed by atoms with van der Waals surface area (Å²) in [6, 6.07) is 13.5. The van der Waals surface area contributed by atoms with E-state index in [0.717, 1.165) is 30.6 Å². The van der Waals surface area contributed by atoms with Crippen molar-refractivity contribution >= 4 is 15.9 Å². The standard InChI is InChI=1S/C20H24N2O4S/c1-3-19(14-4-10-17(26-2)11-5-14)21-20(23)15-6-12-18(13-7-15)27(24,25)22-16-8-9-16/h4-7,10-13,16,19,22H,3,8-9H2,1-2H3,(H,21,23). The summed E-state index contributed by atoms with van der Waals surface area (Å²) < 4.78 is 32.2. The van der Waals surface area contributed by atoms with E-state index in [4.69, 9.17) is 4.74 Å². The van der Waals surface area contributed by atoms with Gasteiger partial charge in [0.25, 0.3) is 5.91 Å². The molecule has 0 radical (unpaired) electrons. The Morgan fingerprint density at radius 1 is 1.11 bits per heavy atom. The molecule has 2 aromatic rings. The number of rotatable bonds is 8. The molecule has 0 aliphatic heterocycles. The van der Waals surface area contributed by atoms with Gasteiger partial charge >= 0.3 is 0 Å². The highest BCUT2D eigenvalue weighted by Gasteiger charge is 2.28. The predicted octanol–water partition coefficient (Wildman–Crippen LogP) is 3.02. The summed E-state index contributed by atoms with van der Waals surface area (Å²) in [6.45, 7) is 1.99. The molecule has 0 saturated heterocycles. The molecule has 7 heteroatoms. The summed E-state index contributed by atoms with van der Waals surface area (Å²) in [5.41, 5.74) is 1.41. The first kappa shape index (κ1) is 19.4. The van der Waals surface area contributed by atoms with E-state index in [1.54, 1.807) is 7.11 Å². The van der Waals surface area contributed by atoms with Gasteiger partial charge in [0.2, 0.25) is 10.0 Å². The zero-order valence-electron chi connectivity index (χ0n) is 15.4. The molecule has 1 amide bonds. The van der Waals surface area contributed by atoms with Crippen LogP contribution in [-0.2, 0) is 10.0 Å². The SMILES string of the molecule is CCC(NC(=O)c1ccc(S(=O)(=O)NC2CC2)cc1)c1ccc(OC)cc1. The van der Waals surface area contributed by atoms with Gasteiger partial charge in [0, 0.05) is 11.6 Å². The van der Waals surface area contributed by atoms with E-state index in [-0.39, 0.29) is 22.9 Å². The Morgan fingerprint density at radius 3 is 2.26 bits per heavy atom. The average molecular weight is 388 g/mol. The number of sulfonamides is 1. The Labute approximate surface area is 160 Å². The quantitative estimate of drug-likeness (QED) is 0.728. The van der Waals surface area contributed by atoms with Gasteiger partial charge in [-0.3, -0.25) is 4.79 Å². The van der Waals surface area contributed by atoms with Gasteiger partial charge in [0.05, 0.1) is 18.0 Å². The van der Waals surface area contributed by atoms with Gasteiger partial charge in [-0.1, -0.05) is 19.1 Å². The number of benzene rings is 2. The molecule has 1 unspecified atom stereocenters. The number of hydrogen-bond acceptors (Lipinski definition) is 4. The highest BCUT2D eigenvalue weighted by Crippen LogP contribution is 2.23. The van der Waals surface area contributed by atoms with Crippen molar-refractivity contribution in [1.29, 1.82) is 0 Å². The molecule has 3 rings (SSSR count). The second-order valence-electron chi connectivity index (χ2n) is 6.63. The number of carbonyl (C=O) groups is 1. The third-order valence-electron chi connectivity index (χ3n) is 4.56. The Morgan fingerprint density at radius 2 is 1.74 bits per heavy atom. The van der Waals surface area contributed by atoms with Crippen molar-refractivity contribution < 1.29 is 17.9 Å². The van der Waals surface area contributed by atoms with Crippen molar-refractivity contribution in [2.45, 2.75) is 43.2 Å². The smallest absolute Gasteiger partial charge is 0.251 e. The molecule has 0 aromatic heterocycles. The van der Waals surface area contributed by atoms with E-state index >= 15 is 0 Å². The number of ether oxygens (including phenoxy) is 1. The van der Waals surface area contributed by atoms with Crippen LogP contribution in [0.3, 0.4) is 0 Å². The third-order valence-corrected chi connectivity index (χ3v) is 6.09. The van der Waals surface area contributed by atoms with Crippen LogP contribution in [0.4, 0.5) is 0 Å². The highest BCUT2D eigenvalue weighted by atomic mass is 32.2. The van der Waals surface area contributed by atoms with Gasteiger partial charge in [-0.25, -0.2) is 13.1 Å². The molecular formula is C20H24N2O4S. The maximum atomic E-state index is 12.6. The van der Waals surface area contributed by atoms with Gasteiger partial charge in [-0.05, 0) is 61.2 Å². The van der Waals surface area contributed by atoms with Crippen LogP contribution < -0.4 is 14.8 Å². The zero-order valence-corrected chi connectivity index (χ0v) is 16.3. The lowest BCUT2D eigenvalue weighted by Crippen LogP contribution is -2.28. The molecule has 1 saturated carbocycles. The molecule has 1 aliphatic rings. The fourth-order valence-corrected chi connectivity index (χ4v) is 4.08. The monoisotopic (exact) mass is 388 g/mol. The summed E-state index contributed by atoms with van der Waals surface area (Å²) >= 11 is 0. The predicted molar refractivity (Wildman–Crippen MR) is 103 cm³/mol. The van der Waals surface area contributed by atoms with E-state index in [1.165, 1.54) is 24.3 Å². The largest absolute Gasteiger partial charge is 0.497 e. The van der Waals surface area contributed by atoms with Crippen LogP contribution in [0.5, 0.6) is 5.75 Å². The molecule has 1 fully saturated rings. The van der Waals surface area contributed by atoms with Crippen LogP contribution in [-0.4, -0.2) is 27.5 Å². The van der Waals surface area contributed by atoms with Crippen LogP contribution in [0.1, 0.15) is 48.1 Å². The second-order valence-corrected chi connectivity index (χ2v) is 8.34. The lowest BCUT2D eigenvalue weighted by molar-refractivity contribution is 0.0935.